The lowest BCUT2D eigenvalue weighted by Gasteiger charge is -2.40. The lowest BCUT2D eigenvalue weighted by atomic mass is 9.73. The van der Waals surface area contributed by atoms with Gasteiger partial charge in [0.25, 0.3) is 0 Å². The predicted molar refractivity (Wildman–Crippen MR) is 102 cm³/mol. The van der Waals surface area contributed by atoms with E-state index in [-0.39, 0.29) is 6.61 Å². The molecule has 0 amide bonds. The van der Waals surface area contributed by atoms with Crippen molar-refractivity contribution in [3.8, 4) is 5.75 Å². The molecule has 2 heterocycles. The van der Waals surface area contributed by atoms with Crippen LogP contribution >= 0.6 is 0 Å². The highest BCUT2D eigenvalue weighted by molar-refractivity contribution is 5.37. The molecular formula is C21H34N2O2. The fraction of sp³-hybridized carbons (Fsp3) is 0.714. The van der Waals surface area contributed by atoms with Crippen LogP contribution in [0.15, 0.2) is 18.2 Å². The number of piperidine rings is 1. The monoisotopic (exact) mass is 346 g/mol. The predicted octanol–water partition coefficient (Wildman–Crippen LogP) is 3.28. The summed E-state index contributed by atoms with van der Waals surface area (Å²) in [6.07, 6.45) is 6.78. The number of ether oxygens (including phenoxy) is 1. The van der Waals surface area contributed by atoms with Crippen LogP contribution in [0.5, 0.6) is 5.75 Å². The Labute approximate surface area is 152 Å². The zero-order chi connectivity index (χ0) is 17.7. The second-order valence-electron chi connectivity index (χ2n) is 7.97. The SMILES string of the molecule is CCOc1ccc(CN2CCCC3(CCN(C)CC3)CC2)cc1CO. The van der Waals surface area contributed by atoms with E-state index in [1.54, 1.807) is 0 Å². The second kappa shape index (κ2) is 8.52. The molecule has 1 aromatic rings. The van der Waals surface area contributed by atoms with Crippen molar-refractivity contribution in [3.05, 3.63) is 29.3 Å². The molecule has 25 heavy (non-hydrogen) atoms. The Morgan fingerprint density at radius 1 is 1.08 bits per heavy atom. The van der Waals surface area contributed by atoms with Crippen LogP contribution in [-0.4, -0.2) is 54.7 Å². The van der Waals surface area contributed by atoms with Gasteiger partial charge in [-0.1, -0.05) is 6.07 Å². The zero-order valence-electron chi connectivity index (χ0n) is 16.0. The van der Waals surface area contributed by atoms with Crippen molar-refractivity contribution in [1.29, 1.82) is 0 Å². The minimum Gasteiger partial charge on any atom is -0.494 e. The number of aliphatic hydroxyl groups is 1. The van der Waals surface area contributed by atoms with E-state index < -0.39 is 0 Å². The third-order valence-electron chi connectivity index (χ3n) is 6.19. The van der Waals surface area contributed by atoms with E-state index in [2.05, 4.69) is 29.0 Å². The molecule has 1 spiro atoms. The van der Waals surface area contributed by atoms with E-state index in [1.807, 2.05) is 13.0 Å². The second-order valence-corrected chi connectivity index (χ2v) is 7.97. The van der Waals surface area contributed by atoms with Gasteiger partial charge in [0, 0.05) is 12.1 Å². The molecule has 0 atom stereocenters. The summed E-state index contributed by atoms with van der Waals surface area (Å²) in [5.74, 6) is 0.815. The van der Waals surface area contributed by atoms with Crippen LogP contribution in [0.2, 0.25) is 0 Å². The molecule has 0 aliphatic carbocycles. The molecule has 140 valence electrons. The van der Waals surface area contributed by atoms with E-state index in [9.17, 15) is 5.11 Å². The molecular weight excluding hydrogens is 312 g/mol. The highest BCUT2D eigenvalue weighted by atomic mass is 16.5. The minimum atomic E-state index is 0.0415. The molecule has 4 heteroatoms. The summed E-state index contributed by atoms with van der Waals surface area (Å²) in [5, 5.41) is 9.61. The first-order chi connectivity index (χ1) is 12.1. The number of likely N-dealkylation sites (tertiary alicyclic amines) is 2. The standard InChI is InChI=1S/C21H34N2O2/c1-3-25-20-6-5-18(15-19(20)17-24)16-23-11-4-7-21(10-14-23)8-12-22(2)13-9-21/h5-6,15,24H,3-4,7-14,16-17H2,1-2H3. The molecule has 4 nitrogen and oxygen atoms in total. The van der Waals surface area contributed by atoms with Gasteiger partial charge in [-0.3, -0.25) is 4.90 Å². The first-order valence-corrected chi connectivity index (χ1v) is 9.90. The van der Waals surface area contributed by atoms with Crippen LogP contribution in [0.4, 0.5) is 0 Å². The highest BCUT2D eigenvalue weighted by Crippen LogP contribution is 2.41. The molecule has 1 N–H and O–H groups in total. The fourth-order valence-electron chi connectivity index (χ4n) is 4.47. The molecule has 2 fully saturated rings. The van der Waals surface area contributed by atoms with Crippen molar-refractivity contribution in [2.75, 3.05) is 39.8 Å². The van der Waals surface area contributed by atoms with Crippen molar-refractivity contribution in [2.45, 2.75) is 52.2 Å². The van der Waals surface area contributed by atoms with Crippen LogP contribution in [0.3, 0.4) is 0 Å². The summed E-state index contributed by atoms with van der Waals surface area (Å²) < 4.78 is 5.60. The van der Waals surface area contributed by atoms with Crippen LogP contribution < -0.4 is 4.74 Å². The Kier molecular flexibility index (Phi) is 6.37. The Bertz CT molecular complexity index is 553. The first kappa shape index (κ1) is 18.7. The number of benzene rings is 1. The van der Waals surface area contributed by atoms with E-state index >= 15 is 0 Å². The summed E-state index contributed by atoms with van der Waals surface area (Å²) in [6, 6.07) is 6.28. The maximum absolute atomic E-state index is 9.61. The third-order valence-corrected chi connectivity index (χ3v) is 6.19. The van der Waals surface area contributed by atoms with Crippen LogP contribution in [0.1, 0.15) is 50.2 Å². The number of hydrogen-bond donors (Lipinski definition) is 1. The van der Waals surface area contributed by atoms with Gasteiger partial charge in [-0.15, -0.1) is 0 Å². The molecule has 0 aromatic heterocycles. The maximum Gasteiger partial charge on any atom is 0.124 e. The van der Waals surface area contributed by atoms with Crippen molar-refractivity contribution >= 4 is 0 Å². The average molecular weight is 347 g/mol. The van der Waals surface area contributed by atoms with E-state index in [0.717, 1.165) is 17.9 Å². The third kappa shape index (κ3) is 4.75. The lowest BCUT2D eigenvalue weighted by molar-refractivity contribution is 0.104. The Balaban J connectivity index is 1.60. The van der Waals surface area contributed by atoms with E-state index in [0.29, 0.717) is 12.0 Å². The van der Waals surface area contributed by atoms with Crippen LogP contribution in [0, 0.1) is 5.41 Å². The number of nitrogens with zero attached hydrogens (tertiary/aromatic N) is 2. The van der Waals surface area contributed by atoms with Gasteiger partial charge in [0.05, 0.1) is 13.2 Å². The summed E-state index contributed by atoms with van der Waals surface area (Å²) >= 11 is 0. The first-order valence-electron chi connectivity index (χ1n) is 9.90. The summed E-state index contributed by atoms with van der Waals surface area (Å²) in [5.41, 5.74) is 2.78. The van der Waals surface area contributed by atoms with Gasteiger partial charge >= 0.3 is 0 Å². The van der Waals surface area contributed by atoms with Gasteiger partial charge in [-0.05, 0) is 95.4 Å². The summed E-state index contributed by atoms with van der Waals surface area (Å²) in [4.78, 5) is 5.08. The summed E-state index contributed by atoms with van der Waals surface area (Å²) in [6.45, 7) is 8.55. The maximum atomic E-state index is 9.61. The number of rotatable bonds is 5. The molecule has 0 unspecified atom stereocenters. The Morgan fingerprint density at radius 2 is 1.84 bits per heavy atom. The molecule has 3 rings (SSSR count). The lowest BCUT2D eigenvalue weighted by Crippen LogP contribution is -2.38. The molecule has 2 aliphatic rings. The zero-order valence-corrected chi connectivity index (χ0v) is 16.0. The smallest absolute Gasteiger partial charge is 0.124 e. The van der Waals surface area contributed by atoms with Crippen LogP contribution in [0.25, 0.3) is 0 Å². The topological polar surface area (TPSA) is 35.9 Å². The average Bonchev–Trinajstić information content (AvgIpc) is 2.82. The number of hydrogen-bond acceptors (Lipinski definition) is 4. The Morgan fingerprint density at radius 3 is 2.56 bits per heavy atom. The molecule has 2 saturated heterocycles. The van der Waals surface area contributed by atoms with Crippen molar-refractivity contribution in [2.24, 2.45) is 5.41 Å². The van der Waals surface area contributed by atoms with E-state index in [1.165, 1.54) is 63.8 Å². The summed E-state index contributed by atoms with van der Waals surface area (Å²) in [7, 11) is 2.25. The van der Waals surface area contributed by atoms with Gasteiger partial charge in [0.1, 0.15) is 5.75 Å². The molecule has 0 bridgehead atoms. The minimum absolute atomic E-state index is 0.0415. The van der Waals surface area contributed by atoms with Crippen LogP contribution in [-0.2, 0) is 13.2 Å². The van der Waals surface area contributed by atoms with Gasteiger partial charge < -0.3 is 14.7 Å². The Hall–Kier alpha value is -1.10. The van der Waals surface area contributed by atoms with Gasteiger partial charge in [0.2, 0.25) is 0 Å². The van der Waals surface area contributed by atoms with Crippen molar-refractivity contribution in [1.82, 2.24) is 9.80 Å². The normalized spacial score (nSPS) is 22.0. The molecule has 0 saturated carbocycles. The quantitative estimate of drug-likeness (QED) is 0.888. The molecule has 2 aliphatic heterocycles. The molecule has 0 radical (unpaired) electrons. The van der Waals surface area contributed by atoms with Crippen molar-refractivity contribution < 1.29 is 9.84 Å². The van der Waals surface area contributed by atoms with Gasteiger partial charge in [-0.25, -0.2) is 0 Å². The van der Waals surface area contributed by atoms with E-state index in [4.69, 9.17) is 4.74 Å². The molecule has 1 aromatic carbocycles. The highest BCUT2D eigenvalue weighted by Gasteiger charge is 2.35. The van der Waals surface area contributed by atoms with Gasteiger partial charge in [0.15, 0.2) is 0 Å². The van der Waals surface area contributed by atoms with Crippen molar-refractivity contribution in [3.63, 3.8) is 0 Å². The largest absolute Gasteiger partial charge is 0.494 e. The van der Waals surface area contributed by atoms with Gasteiger partial charge in [-0.2, -0.15) is 0 Å². The fourth-order valence-corrected chi connectivity index (χ4v) is 4.47. The number of aliphatic hydroxyl groups excluding tert-OH is 1.